The number of hydrogen-bond donors (Lipinski definition) is 2. The predicted octanol–water partition coefficient (Wildman–Crippen LogP) is 6.23. The van der Waals surface area contributed by atoms with Crippen LogP contribution in [0.2, 0.25) is 5.04 Å². The molecule has 1 aliphatic heterocycles. The minimum absolute atomic E-state index is 0.0596. The largest absolute Gasteiger partial charge is 0.493 e. The normalized spacial score (nSPS) is 19.0. The number of benzene rings is 3. The SMILES string of the molecule is CC(C)(C)[Si](OC[C@H]1C[C@H]1COc1ccc2c(CCC3CCN(C(=O)O)CC3)noc2c1CO)(c1ccccc1)c1ccccc1. The highest BCUT2D eigenvalue weighted by Crippen LogP contribution is 2.43. The lowest BCUT2D eigenvalue weighted by atomic mass is 9.91. The molecule has 8 nitrogen and oxygen atoms in total. The molecule has 2 heterocycles. The maximum atomic E-state index is 11.2. The van der Waals surface area contributed by atoms with Crippen LogP contribution in [-0.4, -0.2) is 61.0 Å². The fourth-order valence-electron chi connectivity index (χ4n) is 7.22. The third kappa shape index (κ3) is 6.59. The van der Waals surface area contributed by atoms with Crippen LogP contribution in [0.5, 0.6) is 5.75 Å². The number of likely N-dealkylation sites (tertiary alicyclic amines) is 1. The van der Waals surface area contributed by atoms with E-state index in [1.165, 1.54) is 15.3 Å². The molecule has 244 valence electrons. The van der Waals surface area contributed by atoms with E-state index in [-0.39, 0.29) is 11.6 Å². The molecule has 1 saturated heterocycles. The lowest BCUT2D eigenvalue weighted by Crippen LogP contribution is -2.66. The van der Waals surface area contributed by atoms with Gasteiger partial charge < -0.3 is 28.8 Å². The molecule has 9 heteroatoms. The van der Waals surface area contributed by atoms with Gasteiger partial charge in [0.2, 0.25) is 0 Å². The van der Waals surface area contributed by atoms with Gasteiger partial charge in [-0.25, -0.2) is 4.79 Å². The summed E-state index contributed by atoms with van der Waals surface area (Å²) in [6.07, 6.45) is 3.63. The molecule has 6 rings (SSSR count). The molecule has 1 saturated carbocycles. The number of nitrogens with zero attached hydrogens (tertiary/aromatic N) is 2. The van der Waals surface area contributed by atoms with Crippen molar-refractivity contribution >= 4 is 35.8 Å². The fraction of sp³-hybridized carbons (Fsp3) is 0.459. The molecule has 1 amide bonds. The van der Waals surface area contributed by atoms with Gasteiger partial charge in [-0.1, -0.05) is 86.6 Å². The third-order valence-corrected chi connectivity index (χ3v) is 15.1. The fourth-order valence-corrected chi connectivity index (χ4v) is 11.8. The van der Waals surface area contributed by atoms with Crippen molar-refractivity contribution in [3.8, 4) is 5.75 Å². The van der Waals surface area contributed by atoms with Gasteiger partial charge in [-0.2, -0.15) is 0 Å². The summed E-state index contributed by atoms with van der Waals surface area (Å²) in [5.41, 5.74) is 2.09. The molecule has 1 aromatic heterocycles. The van der Waals surface area contributed by atoms with Crippen molar-refractivity contribution in [2.45, 2.75) is 64.5 Å². The van der Waals surface area contributed by atoms with E-state index in [0.29, 0.717) is 61.0 Å². The van der Waals surface area contributed by atoms with Gasteiger partial charge in [-0.3, -0.25) is 0 Å². The Hall–Kier alpha value is -3.66. The summed E-state index contributed by atoms with van der Waals surface area (Å²) in [7, 11) is -2.58. The van der Waals surface area contributed by atoms with E-state index in [1.54, 1.807) is 0 Å². The zero-order valence-corrected chi connectivity index (χ0v) is 28.2. The van der Waals surface area contributed by atoms with E-state index in [2.05, 4.69) is 86.6 Å². The lowest BCUT2D eigenvalue weighted by molar-refractivity contribution is 0.123. The molecule has 0 unspecified atom stereocenters. The highest BCUT2D eigenvalue weighted by atomic mass is 28.4. The number of fused-ring (bicyclic) bond motifs is 1. The summed E-state index contributed by atoms with van der Waals surface area (Å²) in [4.78, 5) is 12.7. The second-order valence-corrected chi connectivity index (χ2v) is 18.3. The number of ether oxygens (including phenoxy) is 1. The second kappa shape index (κ2) is 13.6. The molecule has 3 aromatic carbocycles. The molecule has 2 N–H and O–H groups in total. The Labute approximate surface area is 272 Å². The zero-order valence-electron chi connectivity index (χ0n) is 27.2. The van der Waals surface area contributed by atoms with Crippen LogP contribution < -0.4 is 15.1 Å². The van der Waals surface area contributed by atoms with Crippen LogP contribution in [0, 0.1) is 17.8 Å². The first-order valence-electron chi connectivity index (χ1n) is 16.6. The minimum atomic E-state index is -2.58. The topological polar surface area (TPSA) is 105 Å². The summed E-state index contributed by atoms with van der Waals surface area (Å²) < 4.78 is 19.2. The molecule has 0 radical (unpaired) electrons. The maximum Gasteiger partial charge on any atom is 0.407 e. The summed E-state index contributed by atoms with van der Waals surface area (Å²) >= 11 is 0. The highest BCUT2D eigenvalue weighted by Gasteiger charge is 2.51. The van der Waals surface area contributed by atoms with Gasteiger partial charge in [0.25, 0.3) is 8.32 Å². The maximum absolute atomic E-state index is 11.2. The van der Waals surface area contributed by atoms with E-state index < -0.39 is 14.4 Å². The van der Waals surface area contributed by atoms with Crippen LogP contribution in [0.25, 0.3) is 11.0 Å². The van der Waals surface area contributed by atoms with Crippen molar-refractivity contribution in [2.24, 2.45) is 17.8 Å². The predicted molar refractivity (Wildman–Crippen MR) is 181 cm³/mol. The summed E-state index contributed by atoms with van der Waals surface area (Å²) in [6.45, 7) is 9.14. The first-order chi connectivity index (χ1) is 22.2. The lowest BCUT2D eigenvalue weighted by Gasteiger charge is -2.43. The molecule has 4 aromatic rings. The van der Waals surface area contributed by atoms with Crippen LogP contribution in [-0.2, 0) is 17.5 Å². The summed E-state index contributed by atoms with van der Waals surface area (Å²) in [5, 5.41) is 27.3. The van der Waals surface area contributed by atoms with E-state index in [9.17, 15) is 15.0 Å². The molecule has 2 fully saturated rings. The van der Waals surface area contributed by atoms with Gasteiger partial charge >= 0.3 is 6.09 Å². The third-order valence-electron chi connectivity index (χ3n) is 10.1. The average molecular weight is 643 g/mol. The number of aromatic nitrogens is 1. The van der Waals surface area contributed by atoms with Crippen molar-refractivity contribution in [3.05, 3.63) is 84.1 Å². The number of aliphatic hydroxyl groups is 1. The Balaban J connectivity index is 1.08. The Morgan fingerprint density at radius 2 is 1.59 bits per heavy atom. The van der Waals surface area contributed by atoms with Crippen LogP contribution in [0.4, 0.5) is 4.79 Å². The summed E-state index contributed by atoms with van der Waals surface area (Å²) in [5.74, 6) is 1.91. The number of carbonyl (C=O) groups is 1. The number of piperidine rings is 1. The molecule has 0 spiro atoms. The standard InChI is InChI=1S/C37H46N2O6Si/c1-37(2,3)46(29-10-6-4-7-11-29,30-12-8-5-9-13-30)44-25-28-22-27(28)24-43-34-17-15-31-33(38-45-35(31)32(34)23-40)16-14-26-18-20-39(21-19-26)36(41)42/h4-13,15,17,26-28,40H,14,16,18-25H2,1-3H3,(H,41,42)/t27-,28+/m0/s1. The van der Waals surface area contributed by atoms with Gasteiger partial charge in [0.1, 0.15) is 5.75 Å². The van der Waals surface area contributed by atoms with Crippen molar-refractivity contribution in [1.29, 1.82) is 0 Å². The second-order valence-electron chi connectivity index (χ2n) is 14.0. The molecular weight excluding hydrogens is 597 g/mol. The van der Waals surface area contributed by atoms with Crippen LogP contribution in [0.3, 0.4) is 0 Å². The molecule has 2 aliphatic rings. The molecule has 2 atom stereocenters. The molecule has 1 aliphatic carbocycles. The number of aryl methyl sites for hydroxylation is 1. The van der Waals surface area contributed by atoms with Crippen LogP contribution in [0.1, 0.15) is 57.7 Å². The molecule has 46 heavy (non-hydrogen) atoms. The van der Waals surface area contributed by atoms with Crippen molar-refractivity contribution < 1.29 is 28.7 Å². The first kappa shape index (κ1) is 32.3. The van der Waals surface area contributed by atoms with Gasteiger partial charge in [0, 0.05) is 25.1 Å². The molecular formula is C37H46N2O6Si. The van der Waals surface area contributed by atoms with E-state index >= 15 is 0 Å². The number of amides is 1. The van der Waals surface area contributed by atoms with Gasteiger partial charge in [-0.05, 0) is 77.4 Å². The van der Waals surface area contributed by atoms with E-state index in [0.717, 1.165) is 43.2 Å². The number of carboxylic acid groups (broad SMARTS) is 1. The quantitative estimate of drug-likeness (QED) is 0.177. The van der Waals surface area contributed by atoms with Crippen molar-refractivity contribution in [2.75, 3.05) is 26.3 Å². The number of rotatable bonds is 12. The van der Waals surface area contributed by atoms with E-state index in [4.69, 9.17) is 13.7 Å². The van der Waals surface area contributed by atoms with Crippen molar-refractivity contribution in [1.82, 2.24) is 10.1 Å². The number of hydrogen-bond acceptors (Lipinski definition) is 6. The minimum Gasteiger partial charge on any atom is -0.493 e. The Morgan fingerprint density at radius 3 is 2.17 bits per heavy atom. The van der Waals surface area contributed by atoms with E-state index in [1.807, 2.05) is 12.1 Å². The van der Waals surface area contributed by atoms with Crippen LogP contribution in [0.15, 0.2) is 77.3 Å². The summed E-state index contributed by atoms with van der Waals surface area (Å²) in [6, 6.07) is 25.4. The first-order valence-corrected chi connectivity index (χ1v) is 18.5. The molecule has 0 bridgehead atoms. The Bertz CT molecular complexity index is 1570. The van der Waals surface area contributed by atoms with Gasteiger partial charge in [0.15, 0.2) is 5.58 Å². The average Bonchev–Trinajstić information content (AvgIpc) is 3.69. The number of aliphatic hydroxyl groups excluding tert-OH is 1. The Kier molecular flexibility index (Phi) is 9.54. The van der Waals surface area contributed by atoms with Crippen molar-refractivity contribution in [3.63, 3.8) is 0 Å². The van der Waals surface area contributed by atoms with Gasteiger partial charge in [-0.15, -0.1) is 0 Å². The van der Waals surface area contributed by atoms with Crippen LogP contribution >= 0.6 is 0 Å². The zero-order chi connectivity index (χ0) is 32.3. The monoisotopic (exact) mass is 642 g/mol. The Morgan fingerprint density at radius 1 is 0.957 bits per heavy atom. The smallest absolute Gasteiger partial charge is 0.407 e. The highest BCUT2D eigenvalue weighted by molar-refractivity contribution is 6.99. The van der Waals surface area contributed by atoms with Gasteiger partial charge in [0.05, 0.1) is 24.5 Å².